The van der Waals surface area contributed by atoms with Gasteiger partial charge in [0.1, 0.15) is 12.4 Å². The van der Waals surface area contributed by atoms with Gasteiger partial charge in [-0.25, -0.2) is 4.98 Å². The zero-order valence-corrected chi connectivity index (χ0v) is 11.9. The molecule has 4 heteroatoms. The molecule has 104 valence electrons. The standard InChI is InChI=1S/C15H23N3O/c1-13-3-10-4-14(2,7-13)9-15(5-10,8-13)12-16-11(6-19)17-18-12/h10,19H,3-9H2,1-2H3,(H,16,17,18). The Morgan fingerprint density at radius 2 is 1.84 bits per heavy atom. The Hall–Kier alpha value is -0.900. The number of rotatable bonds is 2. The molecule has 4 aliphatic rings. The molecule has 2 unspecified atom stereocenters. The summed E-state index contributed by atoms with van der Waals surface area (Å²) in [6, 6.07) is 0. The number of aromatic nitrogens is 3. The molecule has 0 amide bonds. The fourth-order valence-electron chi connectivity index (χ4n) is 6.30. The van der Waals surface area contributed by atoms with Crippen LogP contribution in [0.15, 0.2) is 0 Å². The molecule has 4 aliphatic carbocycles. The maximum atomic E-state index is 9.20. The highest BCUT2D eigenvalue weighted by atomic mass is 16.3. The lowest BCUT2D eigenvalue weighted by Gasteiger charge is -2.64. The first-order chi connectivity index (χ1) is 8.94. The lowest BCUT2D eigenvalue weighted by Crippen LogP contribution is -2.57. The third-order valence-electron chi connectivity index (χ3n) is 5.78. The highest BCUT2D eigenvalue weighted by molar-refractivity contribution is 5.21. The van der Waals surface area contributed by atoms with Gasteiger partial charge in [0.05, 0.1) is 0 Å². The summed E-state index contributed by atoms with van der Waals surface area (Å²) < 4.78 is 0. The summed E-state index contributed by atoms with van der Waals surface area (Å²) in [5.74, 6) is 2.43. The minimum atomic E-state index is -0.0406. The van der Waals surface area contributed by atoms with Gasteiger partial charge < -0.3 is 5.11 Å². The van der Waals surface area contributed by atoms with Crippen LogP contribution < -0.4 is 0 Å². The maximum absolute atomic E-state index is 9.20. The topological polar surface area (TPSA) is 61.8 Å². The largest absolute Gasteiger partial charge is 0.388 e. The minimum absolute atomic E-state index is 0.0406. The molecular weight excluding hydrogens is 238 g/mol. The molecule has 1 aromatic heterocycles. The van der Waals surface area contributed by atoms with Crippen LogP contribution >= 0.6 is 0 Å². The molecule has 0 aromatic carbocycles. The summed E-state index contributed by atoms with van der Waals surface area (Å²) in [4.78, 5) is 4.56. The van der Waals surface area contributed by atoms with Crippen LogP contribution in [-0.4, -0.2) is 20.3 Å². The monoisotopic (exact) mass is 261 g/mol. The summed E-state index contributed by atoms with van der Waals surface area (Å²) in [7, 11) is 0. The highest BCUT2D eigenvalue weighted by Crippen LogP contribution is 2.69. The van der Waals surface area contributed by atoms with E-state index in [4.69, 9.17) is 0 Å². The molecule has 0 radical (unpaired) electrons. The highest BCUT2D eigenvalue weighted by Gasteiger charge is 2.61. The minimum Gasteiger partial charge on any atom is -0.388 e. The second-order valence-corrected chi connectivity index (χ2v) is 8.17. The normalized spacial score (nSPS) is 47.8. The van der Waals surface area contributed by atoms with E-state index in [9.17, 15) is 5.11 Å². The second-order valence-electron chi connectivity index (χ2n) is 8.17. The number of hydrogen-bond acceptors (Lipinski definition) is 3. The summed E-state index contributed by atoms with van der Waals surface area (Å²) in [5, 5.41) is 16.5. The van der Waals surface area contributed by atoms with Crippen LogP contribution in [0.3, 0.4) is 0 Å². The molecule has 0 spiro atoms. The fraction of sp³-hybridized carbons (Fsp3) is 0.867. The van der Waals surface area contributed by atoms with Gasteiger partial charge in [-0.2, -0.15) is 5.10 Å². The van der Waals surface area contributed by atoms with E-state index in [1.165, 1.54) is 38.5 Å². The molecule has 4 bridgehead atoms. The van der Waals surface area contributed by atoms with E-state index in [0.717, 1.165) is 11.7 Å². The van der Waals surface area contributed by atoms with E-state index in [1.54, 1.807) is 0 Å². The lowest BCUT2D eigenvalue weighted by atomic mass is 9.40. The van der Waals surface area contributed by atoms with Crippen LogP contribution in [0.2, 0.25) is 0 Å². The van der Waals surface area contributed by atoms with Crippen LogP contribution in [0.1, 0.15) is 64.0 Å². The van der Waals surface area contributed by atoms with Gasteiger partial charge in [-0.3, -0.25) is 5.10 Å². The molecule has 0 aliphatic heterocycles. The molecule has 0 saturated heterocycles. The Balaban J connectivity index is 1.78. The van der Waals surface area contributed by atoms with Crippen LogP contribution in [0.5, 0.6) is 0 Å². The molecule has 4 fully saturated rings. The first-order valence-corrected chi connectivity index (χ1v) is 7.47. The third kappa shape index (κ3) is 1.62. The van der Waals surface area contributed by atoms with Crippen molar-refractivity contribution >= 4 is 0 Å². The zero-order valence-electron chi connectivity index (χ0n) is 11.9. The number of nitrogens with zero attached hydrogens (tertiary/aromatic N) is 2. The van der Waals surface area contributed by atoms with Gasteiger partial charge in [0.25, 0.3) is 0 Å². The van der Waals surface area contributed by atoms with E-state index in [1.807, 2.05) is 0 Å². The summed E-state index contributed by atoms with van der Waals surface area (Å²) in [5.41, 5.74) is 1.13. The molecule has 19 heavy (non-hydrogen) atoms. The van der Waals surface area contributed by atoms with Crippen LogP contribution in [0.4, 0.5) is 0 Å². The van der Waals surface area contributed by atoms with Gasteiger partial charge in [-0.05, 0) is 55.3 Å². The lowest BCUT2D eigenvalue weighted by molar-refractivity contribution is -0.112. The smallest absolute Gasteiger partial charge is 0.156 e. The van der Waals surface area contributed by atoms with E-state index in [0.29, 0.717) is 16.7 Å². The maximum Gasteiger partial charge on any atom is 0.156 e. The number of nitrogens with one attached hydrogen (secondary N) is 1. The van der Waals surface area contributed by atoms with Crippen molar-refractivity contribution in [2.24, 2.45) is 16.7 Å². The van der Waals surface area contributed by atoms with E-state index in [-0.39, 0.29) is 12.0 Å². The molecule has 4 nitrogen and oxygen atoms in total. The zero-order chi connectivity index (χ0) is 13.3. The molecular formula is C15H23N3O. The average Bonchev–Trinajstić information content (AvgIpc) is 2.72. The Labute approximate surface area is 114 Å². The molecule has 1 heterocycles. The molecule has 4 saturated carbocycles. The summed E-state index contributed by atoms with van der Waals surface area (Å²) >= 11 is 0. The number of aliphatic hydroxyl groups is 1. The van der Waals surface area contributed by atoms with Crippen molar-refractivity contribution in [1.82, 2.24) is 15.2 Å². The molecule has 2 atom stereocenters. The van der Waals surface area contributed by atoms with E-state index < -0.39 is 0 Å². The van der Waals surface area contributed by atoms with Crippen LogP contribution in [-0.2, 0) is 12.0 Å². The van der Waals surface area contributed by atoms with Gasteiger partial charge in [-0.1, -0.05) is 13.8 Å². The van der Waals surface area contributed by atoms with Gasteiger partial charge in [-0.15, -0.1) is 0 Å². The number of hydrogen-bond donors (Lipinski definition) is 2. The van der Waals surface area contributed by atoms with Crippen molar-refractivity contribution in [2.75, 3.05) is 0 Å². The molecule has 1 aromatic rings. The number of aromatic amines is 1. The predicted molar refractivity (Wildman–Crippen MR) is 71.4 cm³/mol. The molecule has 2 N–H and O–H groups in total. The van der Waals surface area contributed by atoms with Gasteiger partial charge >= 0.3 is 0 Å². The fourth-order valence-corrected chi connectivity index (χ4v) is 6.30. The average molecular weight is 261 g/mol. The van der Waals surface area contributed by atoms with Crippen LogP contribution in [0, 0.1) is 16.7 Å². The quantitative estimate of drug-likeness (QED) is 0.860. The number of H-pyrrole nitrogens is 1. The van der Waals surface area contributed by atoms with Crippen molar-refractivity contribution in [3.05, 3.63) is 11.6 Å². The first-order valence-electron chi connectivity index (χ1n) is 7.47. The Kier molecular flexibility index (Phi) is 2.13. The van der Waals surface area contributed by atoms with E-state index in [2.05, 4.69) is 29.0 Å². The van der Waals surface area contributed by atoms with E-state index >= 15 is 0 Å². The summed E-state index contributed by atoms with van der Waals surface area (Å²) in [6.07, 6.45) is 7.86. The van der Waals surface area contributed by atoms with Crippen molar-refractivity contribution in [2.45, 2.75) is 64.4 Å². The van der Waals surface area contributed by atoms with Crippen molar-refractivity contribution < 1.29 is 5.11 Å². The van der Waals surface area contributed by atoms with Gasteiger partial charge in [0.15, 0.2) is 5.82 Å². The van der Waals surface area contributed by atoms with Crippen molar-refractivity contribution in [3.8, 4) is 0 Å². The predicted octanol–water partition coefficient (Wildman–Crippen LogP) is 2.55. The van der Waals surface area contributed by atoms with Crippen molar-refractivity contribution in [1.29, 1.82) is 0 Å². The number of aliphatic hydroxyl groups excluding tert-OH is 1. The van der Waals surface area contributed by atoms with Crippen LogP contribution in [0.25, 0.3) is 0 Å². The molecule has 5 rings (SSSR count). The Morgan fingerprint density at radius 3 is 2.37 bits per heavy atom. The SMILES string of the molecule is CC12CC3CC(C)(C1)CC(c1n[nH]c(CO)n1)(C3)C2. The summed E-state index contributed by atoms with van der Waals surface area (Å²) in [6.45, 7) is 4.88. The van der Waals surface area contributed by atoms with Gasteiger partial charge in [0.2, 0.25) is 0 Å². The second kappa shape index (κ2) is 3.40. The van der Waals surface area contributed by atoms with Crippen molar-refractivity contribution in [3.63, 3.8) is 0 Å². The third-order valence-corrected chi connectivity index (χ3v) is 5.78. The van der Waals surface area contributed by atoms with Gasteiger partial charge in [0, 0.05) is 5.41 Å². The Bertz CT molecular complexity index is 505. The first kappa shape index (κ1) is 11.9. The Morgan fingerprint density at radius 1 is 1.16 bits per heavy atom.